The van der Waals surface area contributed by atoms with Gasteiger partial charge in [0.1, 0.15) is 18.1 Å². The molecule has 1 amide bonds. The molecule has 2 fully saturated rings. The van der Waals surface area contributed by atoms with Crippen LogP contribution in [0.5, 0.6) is 5.75 Å². The first-order valence-electron chi connectivity index (χ1n) is 13.3. The van der Waals surface area contributed by atoms with Crippen molar-refractivity contribution in [2.24, 2.45) is 0 Å². The molecule has 7 heteroatoms. The third-order valence-corrected chi connectivity index (χ3v) is 7.24. The Balaban J connectivity index is 1.68. The summed E-state index contributed by atoms with van der Waals surface area (Å²) in [5.41, 5.74) is 3.39. The first kappa shape index (κ1) is 27.6. The standard InChI is InChI=1S/C31H38N2O5/c1-5-17-38-26-12-11-25(20-22(26)4)29(34)27-28(24-9-7-23(8-10-24)21(2)3)33(31(36)30(27)35)14-6-13-32-15-18-37-19-16-32/h5,7-12,20-21,28,34H,1,6,13-19H2,2-4H3. The number of aliphatic hydroxyl groups is 1. The Morgan fingerprint density at radius 1 is 1.13 bits per heavy atom. The molecule has 2 aliphatic rings. The number of ether oxygens (including phenoxy) is 2. The highest BCUT2D eigenvalue weighted by atomic mass is 16.5. The third kappa shape index (κ3) is 6.00. The van der Waals surface area contributed by atoms with Gasteiger partial charge < -0.3 is 19.5 Å². The fourth-order valence-corrected chi connectivity index (χ4v) is 5.07. The summed E-state index contributed by atoms with van der Waals surface area (Å²) >= 11 is 0. The number of morpholine rings is 1. The molecule has 2 saturated heterocycles. The van der Waals surface area contributed by atoms with Crippen LogP contribution >= 0.6 is 0 Å². The molecule has 202 valence electrons. The van der Waals surface area contributed by atoms with Crippen molar-refractivity contribution in [2.75, 3.05) is 46.0 Å². The molecule has 0 bridgehead atoms. The first-order chi connectivity index (χ1) is 18.3. The van der Waals surface area contributed by atoms with E-state index in [2.05, 4.69) is 25.3 Å². The normalized spacial score (nSPS) is 19.8. The van der Waals surface area contributed by atoms with E-state index in [9.17, 15) is 14.7 Å². The van der Waals surface area contributed by atoms with Crippen LogP contribution in [0.2, 0.25) is 0 Å². The summed E-state index contributed by atoms with van der Waals surface area (Å²) in [5, 5.41) is 11.4. The number of Topliss-reactive ketones (excluding diaryl/α,β-unsaturated/α-hetero) is 1. The highest BCUT2D eigenvalue weighted by Crippen LogP contribution is 2.40. The third-order valence-electron chi connectivity index (χ3n) is 7.24. The van der Waals surface area contributed by atoms with Crippen LogP contribution in [0.25, 0.3) is 5.76 Å². The van der Waals surface area contributed by atoms with E-state index in [1.807, 2.05) is 31.2 Å². The fraction of sp³-hybridized carbons (Fsp3) is 0.419. The van der Waals surface area contributed by atoms with Gasteiger partial charge in [-0.05, 0) is 54.2 Å². The number of amides is 1. The second-order valence-corrected chi connectivity index (χ2v) is 10.2. The minimum atomic E-state index is -0.656. The lowest BCUT2D eigenvalue weighted by Gasteiger charge is -2.29. The van der Waals surface area contributed by atoms with Crippen molar-refractivity contribution in [3.8, 4) is 5.75 Å². The molecule has 7 nitrogen and oxygen atoms in total. The molecule has 0 aromatic heterocycles. The SMILES string of the molecule is C=CCOc1ccc(C(O)=C2C(=O)C(=O)N(CCCN3CCOCC3)C2c2ccc(C(C)C)cc2)cc1C. The van der Waals surface area contributed by atoms with E-state index in [0.717, 1.165) is 37.2 Å². The van der Waals surface area contributed by atoms with E-state index in [0.29, 0.717) is 43.6 Å². The number of aliphatic hydroxyl groups excluding tert-OH is 1. The molecular formula is C31H38N2O5. The number of aryl methyl sites for hydroxylation is 1. The van der Waals surface area contributed by atoms with Crippen molar-refractivity contribution in [2.45, 2.75) is 39.2 Å². The molecule has 0 radical (unpaired) electrons. The monoisotopic (exact) mass is 518 g/mol. The van der Waals surface area contributed by atoms with Gasteiger partial charge in [-0.3, -0.25) is 14.5 Å². The van der Waals surface area contributed by atoms with E-state index < -0.39 is 17.7 Å². The van der Waals surface area contributed by atoms with Crippen LogP contribution < -0.4 is 4.74 Å². The number of nitrogens with zero attached hydrogens (tertiary/aromatic N) is 2. The highest BCUT2D eigenvalue weighted by Gasteiger charge is 2.45. The molecule has 38 heavy (non-hydrogen) atoms. The Bertz CT molecular complexity index is 1200. The molecule has 1 N–H and O–H groups in total. The molecule has 0 aliphatic carbocycles. The van der Waals surface area contributed by atoms with Gasteiger partial charge in [-0.25, -0.2) is 0 Å². The minimum absolute atomic E-state index is 0.123. The highest BCUT2D eigenvalue weighted by molar-refractivity contribution is 6.46. The van der Waals surface area contributed by atoms with E-state index in [1.54, 1.807) is 29.2 Å². The Morgan fingerprint density at radius 3 is 2.47 bits per heavy atom. The number of ketones is 1. The molecule has 2 aromatic carbocycles. The predicted octanol–water partition coefficient (Wildman–Crippen LogP) is 4.83. The maximum absolute atomic E-state index is 13.4. The maximum atomic E-state index is 13.4. The van der Waals surface area contributed by atoms with Gasteiger partial charge >= 0.3 is 0 Å². The van der Waals surface area contributed by atoms with Crippen molar-refractivity contribution in [3.63, 3.8) is 0 Å². The van der Waals surface area contributed by atoms with Gasteiger partial charge in [-0.2, -0.15) is 0 Å². The van der Waals surface area contributed by atoms with E-state index >= 15 is 0 Å². The number of likely N-dealkylation sites (tertiary alicyclic amines) is 1. The topological polar surface area (TPSA) is 79.3 Å². The Hall–Kier alpha value is -3.42. The number of rotatable bonds is 10. The molecule has 2 aliphatic heterocycles. The summed E-state index contributed by atoms with van der Waals surface area (Å²) in [5.74, 6) is -0.375. The number of benzene rings is 2. The van der Waals surface area contributed by atoms with E-state index in [4.69, 9.17) is 9.47 Å². The molecule has 0 saturated carbocycles. The zero-order chi connectivity index (χ0) is 27.2. The van der Waals surface area contributed by atoms with Crippen LogP contribution in [0.1, 0.15) is 54.5 Å². The zero-order valence-corrected chi connectivity index (χ0v) is 22.6. The van der Waals surface area contributed by atoms with Gasteiger partial charge in [-0.15, -0.1) is 0 Å². The summed E-state index contributed by atoms with van der Waals surface area (Å²) in [6, 6.07) is 12.6. The van der Waals surface area contributed by atoms with Gasteiger partial charge in [0, 0.05) is 31.7 Å². The predicted molar refractivity (Wildman–Crippen MR) is 148 cm³/mol. The summed E-state index contributed by atoms with van der Waals surface area (Å²) in [6.07, 6.45) is 2.39. The Morgan fingerprint density at radius 2 is 1.84 bits per heavy atom. The first-order valence-corrected chi connectivity index (χ1v) is 13.3. The summed E-state index contributed by atoms with van der Waals surface area (Å²) < 4.78 is 11.1. The van der Waals surface area contributed by atoms with Crippen LogP contribution in [-0.4, -0.2) is 72.6 Å². The molecule has 4 rings (SSSR count). The maximum Gasteiger partial charge on any atom is 0.295 e. The van der Waals surface area contributed by atoms with Gasteiger partial charge in [0.15, 0.2) is 0 Å². The average Bonchev–Trinajstić information content (AvgIpc) is 3.17. The molecule has 2 heterocycles. The van der Waals surface area contributed by atoms with Crippen molar-refractivity contribution >= 4 is 17.4 Å². The second-order valence-electron chi connectivity index (χ2n) is 10.2. The van der Waals surface area contributed by atoms with Crippen molar-refractivity contribution < 1.29 is 24.2 Å². The Kier molecular flexibility index (Phi) is 9.02. The zero-order valence-electron chi connectivity index (χ0n) is 22.6. The summed E-state index contributed by atoms with van der Waals surface area (Å²) in [7, 11) is 0. The van der Waals surface area contributed by atoms with Crippen LogP contribution in [0.15, 0.2) is 60.7 Å². The molecular weight excluding hydrogens is 480 g/mol. The van der Waals surface area contributed by atoms with Crippen molar-refractivity contribution in [1.29, 1.82) is 0 Å². The van der Waals surface area contributed by atoms with Crippen LogP contribution in [0, 0.1) is 6.92 Å². The lowest BCUT2D eigenvalue weighted by molar-refractivity contribution is -0.140. The molecule has 1 atom stereocenters. The lowest BCUT2D eigenvalue weighted by Crippen LogP contribution is -2.38. The van der Waals surface area contributed by atoms with Gasteiger partial charge in [0.25, 0.3) is 11.7 Å². The Labute approximate surface area is 225 Å². The number of hydrogen-bond donors (Lipinski definition) is 1. The number of carbonyl (C=O) groups is 2. The van der Waals surface area contributed by atoms with E-state index in [-0.39, 0.29) is 11.3 Å². The molecule has 0 spiro atoms. The molecule has 1 unspecified atom stereocenters. The van der Waals surface area contributed by atoms with Crippen LogP contribution in [0.3, 0.4) is 0 Å². The van der Waals surface area contributed by atoms with Crippen molar-refractivity contribution in [3.05, 3.63) is 82.9 Å². The smallest absolute Gasteiger partial charge is 0.295 e. The lowest BCUT2D eigenvalue weighted by atomic mass is 9.93. The second kappa shape index (κ2) is 12.4. The number of hydrogen-bond acceptors (Lipinski definition) is 6. The van der Waals surface area contributed by atoms with Gasteiger partial charge in [0.2, 0.25) is 0 Å². The van der Waals surface area contributed by atoms with Gasteiger partial charge in [-0.1, -0.05) is 50.8 Å². The van der Waals surface area contributed by atoms with Crippen LogP contribution in [0.4, 0.5) is 0 Å². The van der Waals surface area contributed by atoms with E-state index in [1.165, 1.54) is 5.56 Å². The van der Waals surface area contributed by atoms with Gasteiger partial charge in [0.05, 0.1) is 24.8 Å². The summed E-state index contributed by atoms with van der Waals surface area (Å²) in [4.78, 5) is 30.6. The minimum Gasteiger partial charge on any atom is -0.507 e. The number of carbonyl (C=O) groups excluding carboxylic acids is 2. The van der Waals surface area contributed by atoms with Crippen LogP contribution in [-0.2, 0) is 14.3 Å². The summed E-state index contributed by atoms with van der Waals surface area (Å²) in [6.45, 7) is 14.6. The largest absolute Gasteiger partial charge is 0.507 e. The molecule has 2 aromatic rings. The average molecular weight is 519 g/mol. The quantitative estimate of drug-likeness (QED) is 0.210. The van der Waals surface area contributed by atoms with Crippen molar-refractivity contribution in [1.82, 2.24) is 9.80 Å². The fourth-order valence-electron chi connectivity index (χ4n) is 5.07.